The van der Waals surface area contributed by atoms with Crippen LogP contribution in [0.5, 0.6) is 5.75 Å². The van der Waals surface area contributed by atoms with Crippen LogP contribution in [0.15, 0.2) is 102 Å². The van der Waals surface area contributed by atoms with Gasteiger partial charge in [-0.3, -0.25) is 9.59 Å². The minimum Gasteiger partial charge on any atom is -0.483 e. The van der Waals surface area contributed by atoms with E-state index in [2.05, 4.69) is 21.2 Å². The zero-order valence-corrected chi connectivity index (χ0v) is 23.4. The first-order valence-corrected chi connectivity index (χ1v) is 13.7. The highest BCUT2D eigenvalue weighted by Crippen LogP contribution is 2.25. The highest BCUT2D eigenvalue weighted by molar-refractivity contribution is 9.10. The van der Waals surface area contributed by atoms with Gasteiger partial charge in [0.05, 0.1) is 0 Å². The van der Waals surface area contributed by atoms with Crippen molar-refractivity contribution in [3.05, 3.63) is 113 Å². The Morgan fingerprint density at radius 3 is 2.29 bits per heavy atom. The van der Waals surface area contributed by atoms with Gasteiger partial charge in [-0.1, -0.05) is 102 Å². The van der Waals surface area contributed by atoms with Crippen molar-refractivity contribution in [1.82, 2.24) is 10.2 Å². The van der Waals surface area contributed by atoms with Crippen LogP contribution < -0.4 is 10.1 Å². The van der Waals surface area contributed by atoms with Gasteiger partial charge in [-0.05, 0) is 48.1 Å². The number of carbonyl (C=O) groups is 2. The van der Waals surface area contributed by atoms with Crippen LogP contribution in [-0.2, 0) is 22.6 Å². The van der Waals surface area contributed by atoms with Gasteiger partial charge in [0.2, 0.25) is 5.91 Å². The van der Waals surface area contributed by atoms with Crippen molar-refractivity contribution in [2.45, 2.75) is 45.3 Å². The molecule has 4 rings (SSSR count). The third-order valence-corrected chi connectivity index (χ3v) is 7.17. The van der Waals surface area contributed by atoms with Crippen molar-refractivity contribution >= 4 is 38.5 Å². The molecular weight excluding hydrogens is 540 g/mol. The number of hydrogen-bond donors (Lipinski definition) is 1. The molecule has 0 unspecified atom stereocenters. The van der Waals surface area contributed by atoms with Gasteiger partial charge >= 0.3 is 0 Å². The molecule has 4 aromatic rings. The van der Waals surface area contributed by atoms with E-state index in [9.17, 15) is 9.59 Å². The molecule has 0 aromatic heterocycles. The van der Waals surface area contributed by atoms with E-state index < -0.39 is 6.04 Å². The minimum absolute atomic E-state index is 0.00246. The van der Waals surface area contributed by atoms with Crippen molar-refractivity contribution in [3.8, 4) is 5.75 Å². The average molecular weight is 574 g/mol. The Labute approximate surface area is 232 Å². The lowest BCUT2D eigenvalue weighted by Gasteiger charge is -2.32. The molecular formula is C32H33BrN2O3. The summed E-state index contributed by atoms with van der Waals surface area (Å²) in [7, 11) is 0. The van der Waals surface area contributed by atoms with Gasteiger partial charge in [0.15, 0.2) is 6.61 Å². The maximum Gasteiger partial charge on any atom is 0.261 e. The fourth-order valence-electron chi connectivity index (χ4n) is 4.33. The maximum absolute atomic E-state index is 13.8. The molecule has 6 heteroatoms. The fraction of sp³-hybridized carbons (Fsp3) is 0.250. The number of hydrogen-bond acceptors (Lipinski definition) is 3. The summed E-state index contributed by atoms with van der Waals surface area (Å²) in [5, 5.41) is 5.08. The molecule has 4 aromatic carbocycles. The summed E-state index contributed by atoms with van der Waals surface area (Å²) >= 11 is 3.48. The van der Waals surface area contributed by atoms with Crippen molar-refractivity contribution < 1.29 is 14.3 Å². The molecule has 2 atom stereocenters. The predicted octanol–water partition coefficient (Wildman–Crippen LogP) is 6.54. The summed E-state index contributed by atoms with van der Waals surface area (Å²) in [6, 6.07) is 30.6. The van der Waals surface area contributed by atoms with E-state index in [1.54, 1.807) is 4.90 Å². The van der Waals surface area contributed by atoms with Crippen molar-refractivity contribution in [1.29, 1.82) is 0 Å². The number of fused-ring (bicyclic) bond motifs is 1. The highest BCUT2D eigenvalue weighted by atomic mass is 79.9. The number of amides is 2. The van der Waals surface area contributed by atoms with Gasteiger partial charge in [-0.2, -0.15) is 0 Å². The van der Waals surface area contributed by atoms with Gasteiger partial charge in [-0.25, -0.2) is 0 Å². The maximum atomic E-state index is 13.8. The summed E-state index contributed by atoms with van der Waals surface area (Å²) in [6.07, 6.45) is 1.20. The zero-order valence-electron chi connectivity index (χ0n) is 21.8. The standard InChI is InChI=1S/C32H33BrN2O3/c1-3-23(2)34-32(37)29(20-24-10-5-4-6-11-24)35(21-25-16-18-27(33)19-17-25)31(36)22-38-30-15-9-13-26-12-7-8-14-28(26)30/h4-19,23,29H,3,20-22H2,1-2H3,(H,34,37)/t23-,29+/m1/s1. The Morgan fingerprint density at radius 2 is 1.55 bits per heavy atom. The topological polar surface area (TPSA) is 58.6 Å². The van der Waals surface area contributed by atoms with E-state index in [-0.39, 0.29) is 31.0 Å². The van der Waals surface area contributed by atoms with Crippen molar-refractivity contribution in [3.63, 3.8) is 0 Å². The van der Waals surface area contributed by atoms with E-state index in [0.717, 1.165) is 32.8 Å². The van der Waals surface area contributed by atoms with Gasteiger partial charge in [-0.15, -0.1) is 0 Å². The highest BCUT2D eigenvalue weighted by Gasteiger charge is 2.31. The second-order valence-electron chi connectivity index (χ2n) is 9.44. The summed E-state index contributed by atoms with van der Waals surface area (Å²) in [4.78, 5) is 29.1. The normalized spacial score (nSPS) is 12.5. The molecule has 38 heavy (non-hydrogen) atoms. The average Bonchev–Trinajstić information content (AvgIpc) is 2.95. The molecule has 0 saturated carbocycles. The van der Waals surface area contributed by atoms with Gasteiger partial charge in [0.25, 0.3) is 5.91 Å². The molecule has 0 spiro atoms. The van der Waals surface area contributed by atoms with Gasteiger partial charge < -0.3 is 15.0 Å². The van der Waals surface area contributed by atoms with E-state index in [1.807, 2.05) is 111 Å². The number of halogens is 1. The quantitative estimate of drug-likeness (QED) is 0.222. The summed E-state index contributed by atoms with van der Waals surface area (Å²) in [5.74, 6) is 0.226. The van der Waals surface area contributed by atoms with E-state index in [4.69, 9.17) is 4.74 Å². The molecule has 0 saturated heterocycles. The number of ether oxygens (including phenoxy) is 1. The molecule has 0 aliphatic carbocycles. The SMILES string of the molecule is CC[C@@H](C)NC(=O)[C@H](Cc1ccccc1)N(Cc1ccc(Br)cc1)C(=O)COc1cccc2ccccc12. The molecule has 1 N–H and O–H groups in total. The second-order valence-corrected chi connectivity index (χ2v) is 10.4. The summed E-state index contributed by atoms with van der Waals surface area (Å²) in [5.41, 5.74) is 1.92. The van der Waals surface area contributed by atoms with Crippen LogP contribution in [0.4, 0.5) is 0 Å². The van der Waals surface area contributed by atoms with Crippen molar-refractivity contribution in [2.24, 2.45) is 0 Å². The second kappa shape index (κ2) is 13.2. The molecule has 0 bridgehead atoms. The molecule has 196 valence electrons. The van der Waals surface area contributed by atoms with Crippen LogP contribution in [0.3, 0.4) is 0 Å². The lowest BCUT2D eigenvalue weighted by atomic mass is 10.0. The third kappa shape index (κ3) is 7.23. The Morgan fingerprint density at radius 1 is 0.868 bits per heavy atom. The number of rotatable bonds is 11. The number of nitrogens with zero attached hydrogens (tertiary/aromatic N) is 1. The Bertz CT molecular complexity index is 1350. The summed E-state index contributed by atoms with van der Waals surface area (Å²) < 4.78 is 7.02. The minimum atomic E-state index is -0.696. The number of carbonyl (C=O) groups excluding carboxylic acids is 2. The van der Waals surface area contributed by atoms with Crippen LogP contribution >= 0.6 is 15.9 Å². The number of benzene rings is 4. The molecule has 0 heterocycles. The van der Waals surface area contributed by atoms with E-state index >= 15 is 0 Å². The van der Waals surface area contributed by atoms with Crippen LogP contribution in [0.2, 0.25) is 0 Å². The van der Waals surface area contributed by atoms with Crippen LogP contribution in [0.1, 0.15) is 31.4 Å². The molecule has 2 amide bonds. The first kappa shape index (κ1) is 27.4. The first-order valence-electron chi connectivity index (χ1n) is 12.9. The molecule has 0 aliphatic heterocycles. The lowest BCUT2D eigenvalue weighted by Crippen LogP contribution is -2.53. The zero-order chi connectivity index (χ0) is 26.9. The Kier molecular flexibility index (Phi) is 9.55. The fourth-order valence-corrected chi connectivity index (χ4v) is 4.59. The Hall–Kier alpha value is -3.64. The molecule has 0 fully saturated rings. The lowest BCUT2D eigenvalue weighted by molar-refractivity contribution is -0.143. The third-order valence-electron chi connectivity index (χ3n) is 6.64. The smallest absolute Gasteiger partial charge is 0.261 e. The molecule has 5 nitrogen and oxygen atoms in total. The Balaban J connectivity index is 1.64. The predicted molar refractivity (Wildman–Crippen MR) is 156 cm³/mol. The van der Waals surface area contributed by atoms with Gasteiger partial charge in [0.1, 0.15) is 11.8 Å². The first-order chi connectivity index (χ1) is 18.4. The molecule has 0 aliphatic rings. The van der Waals surface area contributed by atoms with Crippen molar-refractivity contribution in [2.75, 3.05) is 6.61 Å². The van der Waals surface area contributed by atoms with Crippen LogP contribution in [0, 0.1) is 0 Å². The number of nitrogens with one attached hydrogen (secondary N) is 1. The summed E-state index contributed by atoms with van der Waals surface area (Å²) in [6.45, 7) is 4.12. The van der Waals surface area contributed by atoms with E-state index in [0.29, 0.717) is 12.2 Å². The largest absolute Gasteiger partial charge is 0.483 e. The van der Waals surface area contributed by atoms with Gasteiger partial charge in [0, 0.05) is 28.9 Å². The monoisotopic (exact) mass is 572 g/mol. The molecule has 0 radical (unpaired) electrons. The van der Waals surface area contributed by atoms with Crippen LogP contribution in [-0.4, -0.2) is 35.4 Å². The van der Waals surface area contributed by atoms with Crippen LogP contribution in [0.25, 0.3) is 10.8 Å². The van der Waals surface area contributed by atoms with E-state index in [1.165, 1.54) is 0 Å².